The molecule has 7 nitrogen and oxygen atoms in total. The smallest absolute Gasteiger partial charge is 0.433 e. The number of halogens is 3. The third-order valence-electron chi connectivity index (χ3n) is 4.79. The number of aromatic nitrogens is 4. The lowest BCUT2D eigenvalue weighted by Gasteiger charge is -2.17. The second-order valence-electron chi connectivity index (χ2n) is 6.98. The van der Waals surface area contributed by atoms with Crippen LogP contribution in [0.15, 0.2) is 18.5 Å². The van der Waals surface area contributed by atoms with Crippen molar-refractivity contribution in [1.29, 1.82) is 5.26 Å². The van der Waals surface area contributed by atoms with E-state index in [4.69, 9.17) is 4.74 Å². The Morgan fingerprint density at radius 1 is 1.21 bits per heavy atom. The maximum absolute atomic E-state index is 12.8. The molecule has 0 bridgehead atoms. The minimum absolute atomic E-state index is 0.0631. The van der Waals surface area contributed by atoms with Crippen LogP contribution in [0, 0.1) is 17.2 Å². The molecular formula is C18H17F3N6O. The van der Waals surface area contributed by atoms with Crippen LogP contribution in [-0.2, 0) is 6.18 Å². The zero-order valence-electron chi connectivity index (χ0n) is 14.9. The Morgan fingerprint density at radius 3 is 2.75 bits per heavy atom. The molecule has 2 fully saturated rings. The van der Waals surface area contributed by atoms with E-state index in [0.717, 1.165) is 31.5 Å². The molecular weight excluding hydrogens is 373 g/mol. The van der Waals surface area contributed by atoms with E-state index in [1.807, 2.05) is 6.07 Å². The van der Waals surface area contributed by atoms with Crippen molar-refractivity contribution >= 4 is 5.95 Å². The minimum atomic E-state index is -4.50. The van der Waals surface area contributed by atoms with Crippen LogP contribution in [0.1, 0.15) is 42.3 Å². The molecule has 0 unspecified atom stereocenters. The van der Waals surface area contributed by atoms with Gasteiger partial charge in [-0.15, -0.1) is 0 Å². The minimum Gasteiger partial charge on any atom is -0.476 e. The Balaban J connectivity index is 1.39. The fraction of sp³-hybridized carbons (Fsp3) is 0.500. The van der Waals surface area contributed by atoms with Crippen molar-refractivity contribution in [2.24, 2.45) is 5.92 Å². The average Bonchev–Trinajstić information content (AvgIpc) is 3.43. The molecule has 1 saturated carbocycles. The normalized spacial score (nSPS) is 19.5. The summed E-state index contributed by atoms with van der Waals surface area (Å²) >= 11 is 0. The highest BCUT2D eigenvalue weighted by Gasteiger charge is 2.34. The summed E-state index contributed by atoms with van der Waals surface area (Å²) in [7, 11) is 0. The summed E-state index contributed by atoms with van der Waals surface area (Å²) < 4.78 is 44.3. The fourth-order valence-electron chi connectivity index (χ4n) is 3.11. The molecule has 0 aromatic carbocycles. The number of hydrogen-bond donors (Lipinski definition) is 0. The van der Waals surface area contributed by atoms with Crippen LogP contribution in [0.25, 0.3) is 0 Å². The van der Waals surface area contributed by atoms with Crippen LogP contribution in [0.5, 0.6) is 5.88 Å². The first kappa shape index (κ1) is 18.4. The Labute approximate surface area is 159 Å². The summed E-state index contributed by atoms with van der Waals surface area (Å²) in [6.07, 6.45) is 0.906. The maximum atomic E-state index is 12.8. The van der Waals surface area contributed by atoms with Crippen molar-refractivity contribution < 1.29 is 17.9 Å². The van der Waals surface area contributed by atoms with Gasteiger partial charge in [0.25, 0.3) is 0 Å². The van der Waals surface area contributed by atoms with Crippen LogP contribution in [0.2, 0.25) is 0 Å². The number of ether oxygens (including phenoxy) is 1. The molecule has 1 atom stereocenters. The van der Waals surface area contributed by atoms with Gasteiger partial charge >= 0.3 is 6.18 Å². The van der Waals surface area contributed by atoms with Crippen LogP contribution < -0.4 is 9.64 Å². The highest BCUT2D eigenvalue weighted by atomic mass is 19.4. The number of hydrogen-bond acceptors (Lipinski definition) is 7. The Hall–Kier alpha value is -2.96. The standard InChI is InChI=1S/C18H17F3N6O/c19-18(20,21)14-3-5-23-17(25-14)27-6-4-11(9-27)10-28-16-13(7-22)8-24-15(26-16)12-1-2-12/h3,5,8,11-12H,1-2,4,6,9-10H2/t11-/m1/s1. The van der Waals surface area contributed by atoms with Crippen LogP contribution in [-0.4, -0.2) is 39.6 Å². The number of rotatable bonds is 5. The lowest BCUT2D eigenvalue weighted by atomic mass is 10.1. The molecule has 4 rings (SSSR count). The van der Waals surface area contributed by atoms with Crippen molar-refractivity contribution in [3.05, 3.63) is 35.5 Å². The van der Waals surface area contributed by atoms with Gasteiger partial charge in [0.2, 0.25) is 11.8 Å². The van der Waals surface area contributed by atoms with Gasteiger partial charge in [0.15, 0.2) is 0 Å². The van der Waals surface area contributed by atoms with Gasteiger partial charge in [-0.05, 0) is 25.3 Å². The zero-order chi connectivity index (χ0) is 19.7. The molecule has 28 heavy (non-hydrogen) atoms. The Bertz CT molecular complexity index is 909. The lowest BCUT2D eigenvalue weighted by Crippen LogP contribution is -2.25. The number of anilines is 1. The molecule has 2 aromatic heterocycles. The van der Waals surface area contributed by atoms with E-state index in [2.05, 4.69) is 19.9 Å². The molecule has 1 saturated heterocycles. The Morgan fingerprint density at radius 2 is 2.04 bits per heavy atom. The molecule has 2 aliphatic rings. The molecule has 0 N–H and O–H groups in total. The van der Waals surface area contributed by atoms with E-state index in [1.54, 1.807) is 4.90 Å². The van der Waals surface area contributed by atoms with E-state index < -0.39 is 11.9 Å². The molecule has 146 valence electrons. The van der Waals surface area contributed by atoms with E-state index in [1.165, 1.54) is 6.20 Å². The predicted octanol–water partition coefficient (Wildman–Crippen LogP) is 2.94. The average molecular weight is 390 g/mol. The van der Waals surface area contributed by atoms with Gasteiger partial charge < -0.3 is 9.64 Å². The second-order valence-corrected chi connectivity index (χ2v) is 6.98. The van der Waals surface area contributed by atoms with Crippen LogP contribution in [0.4, 0.5) is 19.1 Å². The molecule has 2 aromatic rings. The largest absolute Gasteiger partial charge is 0.476 e. The first-order valence-corrected chi connectivity index (χ1v) is 8.99. The first-order valence-electron chi connectivity index (χ1n) is 8.99. The van der Waals surface area contributed by atoms with E-state index in [-0.39, 0.29) is 23.3 Å². The SMILES string of the molecule is N#Cc1cnc(C2CC2)nc1OC[C@@H]1CCN(c2nccc(C(F)(F)F)n2)C1. The summed E-state index contributed by atoms with van der Waals surface area (Å²) in [6.45, 7) is 1.33. The van der Waals surface area contributed by atoms with Crippen molar-refractivity contribution in [3.63, 3.8) is 0 Å². The number of nitrogens with zero attached hydrogens (tertiary/aromatic N) is 6. The van der Waals surface area contributed by atoms with Gasteiger partial charge in [-0.3, -0.25) is 0 Å². The van der Waals surface area contributed by atoms with Crippen LogP contribution in [0.3, 0.4) is 0 Å². The maximum Gasteiger partial charge on any atom is 0.433 e. The summed E-state index contributed by atoms with van der Waals surface area (Å²) in [6, 6.07) is 2.88. The quantitative estimate of drug-likeness (QED) is 0.776. The van der Waals surface area contributed by atoms with Gasteiger partial charge in [-0.1, -0.05) is 0 Å². The van der Waals surface area contributed by atoms with Crippen LogP contribution >= 0.6 is 0 Å². The molecule has 1 aliphatic carbocycles. The van der Waals surface area contributed by atoms with Gasteiger partial charge in [-0.25, -0.2) is 15.0 Å². The molecule has 10 heteroatoms. The summed E-state index contributed by atoms with van der Waals surface area (Å²) in [5.74, 6) is 1.44. The topological polar surface area (TPSA) is 87.8 Å². The molecule has 1 aliphatic heterocycles. The van der Waals surface area contributed by atoms with Crippen molar-refractivity contribution in [2.45, 2.75) is 31.4 Å². The zero-order valence-corrected chi connectivity index (χ0v) is 14.9. The van der Waals surface area contributed by atoms with Gasteiger partial charge in [0, 0.05) is 31.1 Å². The molecule has 0 radical (unpaired) electrons. The number of nitriles is 1. The van der Waals surface area contributed by atoms with Gasteiger partial charge in [0.1, 0.15) is 23.2 Å². The van der Waals surface area contributed by atoms with Crippen molar-refractivity contribution in [1.82, 2.24) is 19.9 Å². The van der Waals surface area contributed by atoms with Crippen molar-refractivity contribution in [3.8, 4) is 11.9 Å². The van der Waals surface area contributed by atoms with E-state index in [9.17, 15) is 18.4 Å². The Kier molecular flexibility index (Phi) is 4.75. The molecule has 0 amide bonds. The summed E-state index contributed by atoms with van der Waals surface area (Å²) in [4.78, 5) is 17.9. The summed E-state index contributed by atoms with van der Waals surface area (Å²) in [5.41, 5.74) is -0.676. The fourth-order valence-corrected chi connectivity index (χ4v) is 3.11. The van der Waals surface area contributed by atoms with Gasteiger partial charge in [0.05, 0.1) is 12.8 Å². The summed E-state index contributed by atoms with van der Waals surface area (Å²) in [5, 5.41) is 9.21. The molecule has 0 spiro atoms. The second kappa shape index (κ2) is 7.22. The predicted molar refractivity (Wildman–Crippen MR) is 91.6 cm³/mol. The number of alkyl halides is 3. The van der Waals surface area contributed by atoms with E-state index in [0.29, 0.717) is 31.4 Å². The monoisotopic (exact) mass is 390 g/mol. The third kappa shape index (κ3) is 3.98. The van der Waals surface area contributed by atoms with E-state index >= 15 is 0 Å². The first-order chi connectivity index (χ1) is 13.4. The van der Waals surface area contributed by atoms with Gasteiger partial charge in [-0.2, -0.15) is 23.4 Å². The highest BCUT2D eigenvalue weighted by molar-refractivity contribution is 5.37. The highest BCUT2D eigenvalue weighted by Crippen LogP contribution is 2.38. The lowest BCUT2D eigenvalue weighted by molar-refractivity contribution is -0.141. The molecule has 3 heterocycles. The van der Waals surface area contributed by atoms with Crippen molar-refractivity contribution in [2.75, 3.05) is 24.6 Å². The third-order valence-corrected chi connectivity index (χ3v) is 4.79.